The lowest BCUT2D eigenvalue weighted by Gasteiger charge is -2.26. The number of rotatable bonds is 11. The van der Waals surface area contributed by atoms with Crippen LogP contribution >= 0.6 is 11.8 Å². The number of ether oxygens (including phenoxy) is 4. The second-order valence-electron chi connectivity index (χ2n) is 13.1. The summed E-state index contributed by atoms with van der Waals surface area (Å²) in [5.74, 6) is -0.339. The summed E-state index contributed by atoms with van der Waals surface area (Å²) in [6.45, 7) is 15.1. The van der Waals surface area contributed by atoms with E-state index in [1.807, 2.05) is 0 Å². The van der Waals surface area contributed by atoms with Gasteiger partial charge in [0.2, 0.25) is 5.96 Å². The van der Waals surface area contributed by atoms with Gasteiger partial charge in [-0.2, -0.15) is 0 Å². The van der Waals surface area contributed by atoms with Gasteiger partial charge in [-0.05, 0) is 97.9 Å². The zero-order chi connectivity index (χ0) is 36.6. The molecule has 1 aliphatic heterocycles. The maximum Gasteiger partial charge on any atom is 0.414 e. The largest absolute Gasteiger partial charge is 0.496 e. The summed E-state index contributed by atoms with van der Waals surface area (Å²) in [5, 5.41) is 15.8. The van der Waals surface area contributed by atoms with Crippen molar-refractivity contribution in [2.75, 3.05) is 27.3 Å². The van der Waals surface area contributed by atoms with Crippen LogP contribution in [0.25, 0.3) is 0 Å². The van der Waals surface area contributed by atoms with Gasteiger partial charge >= 0.3 is 18.2 Å². The van der Waals surface area contributed by atoms with Crippen molar-refractivity contribution in [3.63, 3.8) is 0 Å². The van der Waals surface area contributed by atoms with Gasteiger partial charge in [0.1, 0.15) is 28.3 Å². The fourth-order valence-corrected chi connectivity index (χ4v) is 7.17. The number of carbonyl (C=O) groups is 3. The predicted molar refractivity (Wildman–Crippen MR) is 183 cm³/mol. The molecule has 2 rings (SSSR count). The molecule has 0 radical (unpaired) electrons. The number of methoxy groups -OCH3 is 2. The molecule has 15 nitrogen and oxygen atoms in total. The highest BCUT2D eigenvalue weighted by Crippen LogP contribution is 2.30. The van der Waals surface area contributed by atoms with Crippen LogP contribution in [-0.4, -0.2) is 98.6 Å². The fourth-order valence-electron chi connectivity index (χ4n) is 4.58. The average molecular weight is 716 g/mol. The molecule has 0 saturated heterocycles. The number of benzene rings is 1. The number of thioether (sulfide) groups is 1. The van der Waals surface area contributed by atoms with Gasteiger partial charge in [-0.3, -0.25) is 20.1 Å². The zero-order valence-corrected chi connectivity index (χ0v) is 31.1. The van der Waals surface area contributed by atoms with Crippen LogP contribution in [0.4, 0.5) is 9.59 Å². The third-order valence-electron chi connectivity index (χ3n) is 6.74. The molecule has 4 N–H and O–H groups in total. The summed E-state index contributed by atoms with van der Waals surface area (Å²) >= 11 is 1.04. The molecule has 1 heterocycles. The Morgan fingerprint density at radius 1 is 1.04 bits per heavy atom. The van der Waals surface area contributed by atoms with Crippen molar-refractivity contribution in [2.24, 2.45) is 9.98 Å². The average Bonchev–Trinajstić information content (AvgIpc) is 3.43. The lowest BCUT2D eigenvalue weighted by Crippen LogP contribution is -2.48. The zero-order valence-electron chi connectivity index (χ0n) is 29.5. The molecule has 1 aliphatic rings. The van der Waals surface area contributed by atoms with Crippen molar-refractivity contribution in [1.29, 1.82) is 0 Å². The van der Waals surface area contributed by atoms with Crippen molar-refractivity contribution < 1.29 is 46.9 Å². The number of alkyl carbamates (subject to hydrolysis) is 2. The van der Waals surface area contributed by atoms with Crippen LogP contribution in [0.1, 0.15) is 71.1 Å². The van der Waals surface area contributed by atoms with E-state index in [2.05, 4.69) is 25.3 Å². The Morgan fingerprint density at radius 2 is 1.65 bits per heavy atom. The molecule has 17 heteroatoms. The van der Waals surface area contributed by atoms with Gasteiger partial charge in [-0.15, -0.1) is 0 Å². The van der Waals surface area contributed by atoms with E-state index >= 15 is 0 Å². The summed E-state index contributed by atoms with van der Waals surface area (Å²) in [7, 11) is -1.50. The minimum absolute atomic E-state index is 0.00401. The first-order chi connectivity index (χ1) is 22.1. The molecule has 3 atom stereocenters. The van der Waals surface area contributed by atoms with Gasteiger partial charge in [0, 0.05) is 6.54 Å². The van der Waals surface area contributed by atoms with Crippen LogP contribution in [0.3, 0.4) is 0 Å². The minimum Gasteiger partial charge on any atom is -0.496 e. The van der Waals surface area contributed by atoms with Crippen LogP contribution in [-0.2, 0) is 29.0 Å². The molecule has 0 fully saturated rings. The number of aliphatic hydroxyl groups is 1. The Labute approximate surface area is 287 Å². The first kappa shape index (κ1) is 40.6. The second kappa shape index (κ2) is 16.7. The molecule has 0 spiro atoms. The molecule has 0 bridgehead atoms. The van der Waals surface area contributed by atoms with Crippen LogP contribution in [0.5, 0.6) is 5.75 Å². The SMILES string of the molecule is COC(=O)C1CN=C(C(O)C(CCCN=C(NC(=O)OC(C)(C)C)NS(=O)(=O)c2c(C)cc(OC)c(C)c2C)NC(=O)OC(C)(C)C)S1. The summed E-state index contributed by atoms with van der Waals surface area (Å²) in [6.07, 6.45) is -2.66. The van der Waals surface area contributed by atoms with Crippen molar-refractivity contribution in [3.05, 3.63) is 22.8 Å². The second-order valence-corrected chi connectivity index (χ2v) is 15.9. The molecule has 1 aromatic carbocycles. The number of esters is 1. The molecule has 0 saturated carbocycles. The number of nitrogens with one attached hydrogen (secondary N) is 3. The van der Waals surface area contributed by atoms with Crippen molar-refractivity contribution in [1.82, 2.24) is 15.4 Å². The standard InChI is InChI=1S/C31H49N5O10S2/c1-17-15-21(43-10)18(2)19(3)24(17)48(41,42)36-27(35-29(40)46-31(7,8)9)32-14-12-13-20(34-28(39)45-30(4,5)6)23(37)25-33-16-22(47-25)26(38)44-11/h15,20,22-23,37H,12-14,16H2,1-11H3,(H,34,39)(H2,32,35,36,40). The van der Waals surface area contributed by atoms with E-state index in [4.69, 9.17) is 18.9 Å². The number of sulfonamides is 1. The normalized spacial score (nSPS) is 16.7. The molecule has 0 aliphatic carbocycles. The minimum atomic E-state index is -4.26. The summed E-state index contributed by atoms with van der Waals surface area (Å²) in [4.78, 5) is 45.9. The number of carbonyl (C=O) groups excluding carboxylic acids is 3. The smallest absolute Gasteiger partial charge is 0.414 e. The first-order valence-corrected chi connectivity index (χ1v) is 17.6. The summed E-state index contributed by atoms with van der Waals surface area (Å²) in [6, 6.07) is 0.697. The maximum absolute atomic E-state index is 13.6. The van der Waals surface area contributed by atoms with E-state index in [1.54, 1.807) is 68.4 Å². The number of hydrogen-bond acceptors (Lipinski definition) is 13. The van der Waals surface area contributed by atoms with Gasteiger partial charge in [0.15, 0.2) is 0 Å². The highest BCUT2D eigenvalue weighted by molar-refractivity contribution is 8.15. The molecule has 270 valence electrons. The molecule has 3 unspecified atom stereocenters. The number of guanidine groups is 1. The quantitative estimate of drug-likeness (QED) is 0.0859. The van der Waals surface area contributed by atoms with Crippen molar-refractivity contribution in [2.45, 2.75) is 109 Å². The van der Waals surface area contributed by atoms with Crippen LogP contribution in [0, 0.1) is 20.8 Å². The Balaban J connectivity index is 2.33. The highest BCUT2D eigenvalue weighted by atomic mass is 32.2. The molecular formula is C31H49N5O10S2. The van der Waals surface area contributed by atoms with E-state index < -0.39 is 56.8 Å². The van der Waals surface area contributed by atoms with E-state index in [0.29, 0.717) is 22.4 Å². The van der Waals surface area contributed by atoms with Gasteiger partial charge < -0.3 is 29.4 Å². The Hall–Kier alpha value is -3.57. The monoisotopic (exact) mass is 715 g/mol. The number of hydrogen-bond donors (Lipinski definition) is 4. The molecule has 0 aromatic heterocycles. The fraction of sp³-hybridized carbons (Fsp3) is 0.645. The van der Waals surface area contributed by atoms with Crippen molar-refractivity contribution >= 4 is 50.9 Å². The van der Waals surface area contributed by atoms with Gasteiger partial charge in [0.05, 0.1) is 36.7 Å². The maximum atomic E-state index is 13.6. The third-order valence-corrected chi connectivity index (χ3v) is 9.60. The summed E-state index contributed by atoms with van der Waals surface area (Å²) in [5.41, 5.74) is -0.168. The Morgan fingerprint density at radius 3 is 2.21 bits per heavy atom. The van der Waals surface area contributed by atoms with Gasteiger partial charge in [-0.1, -0.05) is 11.8 Å². The van der Waals surface area contributed by atoms with E-state index in [0.717, 1.165) is 11.8 Å². The number of aliphatic imine (C=N–C) groups is 2. The number of aliphatic hydroxyl groups excluding tert-OH is 1. The topological polar surface area (TPSA) is 203 Å². The van der Waals surface area contributed by atoms with E-state index in [-0.39, 0.29) is 41.8 Å². The van der Waals surface area contributed by atoms with Crippen LogP contribution in [0.2, 0.25) is 0 Å². The van der Waals surface area contributed by atoms with Crippen LogP contribution in [0.15, 0.2) is 20.9 Å². The van der Waals surface area contributed by atoms with Crippen LogP contribution < -0.4 is 20.1 Å². The third kappa shape index (κ3) is 12.1. The number of aryl methyl sites for hydroxylation is 1. The lowest BCUT2D eigenvalue weighted by atomic mass is 10.1. The number of amides is 2. The first-order valence-electron chi connectivity index (χ1n) is 15.3. The highest BCUT2D eigenvalue weighted by Gasteiger charge is 2.35. The summed E-state index contributed by atoms with van der Waals surface area (Å²) < 4.78 is 50.5. The molecular weight excluding hydrogens is 667 g/mol. The van der Waals surface area contributed by atoms with Gasteiger partial charge in [-0.25, -0.2) is 22.7 Å². The van der Waals surface area contributed by atoms with E-state index in [9.17, 15) is 27.9 Å². The molecule has 2 amide bonds. The lowest BCUT2D eigenvalue weighted by molar-refractivity contribution is -0.139. The Kier molecular flexibility index (Phi) is 14.1. The Bertz CT molecular complexity index is 1510. The predicted octanol–water partition coefficient (Wildman–Crippen LogP) is 3.50. The van der Waals surface area contributed by atoms with E-state index in [1.165, 1.54) is 14.2 Å². The van der Waals surface area contributed by atoms with Gasteiger partial charge in [0.25, 0.3) is 10.0 Å². The van der Waals surface area contributed by atoms with Crippen molar-refractivity contribution in [3.8, 4) is 5.75 Å². The molecule has 48 heavy (non-hydrogen) atoms. The molecule has 1 aromatic rings. The number of nitrogens with zero attached hydrogens (tertiary/aromatic N) is 2.